The number of pyridine rings is 1. The Morgan fingerprint density at radius 2 is 1.56 bits per heavy atom. The molecule has 9 rings (SSSR count). The molecule has 0 bridgehead atoms. The summed E-state index contributed by atoms with van der Waals surface area (Å²) in [6.45, 7) is 11.0. The smallest absolute Gasteiger partial charge is 0.284 e. The van der Waals surface area contributed by atoms with Gasteiger partial charge in [-0.25, -0.2) is 23.4 Å². The summed E-state index contributed by atoms with van der Waals surface area (Å²) in [5, 5.41) is 19.3. The molecule has 2 aliphatic carbocycles. The van der Waals surface area contributed by atoms with Gasteiger partial charge >= 0.3 is 0 Å². The molecule has 1 aliphatic heterocycles. The molecule has 86 heavy (non-hydrogen) atoms. The highest BCUT2D eigenvalue weighted by atomic mass is 19.3. The molecular formula is C63H78F2N10O11. The third-order valence-corrected chi connectivity index (χ3v) is 15.0. The number of carbonyl (C=O) groups excluding carboxylic acids is 4. The molecule has 3 aromatic carbocycles. The first kappa shape index (κ1) is 62.8. The van der Waals surface area contributed by atoms with Gasteiger partial charge in [0.05, 0.1) is 76.5 Å². The summed E-state index contributed by atoms with van der Waals surface area (Å²) in [5.41, 5.74) is 4.77. The van der Waals surface area contributed by atoms with Crippen molar-refractivity contribution in [1.82, 2.24) is 40.6 Å². The number of carbonyl (C=O) groups is 4. The molecule has 0 spiro atoms. The van der Waals surface area contributed by atoms with Gasteiger partial charge in [-0.1, -0.05) is 63.2 Å². The number of anilines is 2. The lowest BCUT2D eigenvalue weighted by molar-refractivity contribution is -0.147. The lowest BCUT2D eigenvalue weighted by Gasteiger charge is -2.41. The van der Waals surface area contributed by atoms with Crippen LogP contribution < -0.4 is 31.3 Å². The molecule has 23 heteroatoms. The molecule has 3 atom stereocenters. The maximum atomic E-state index is 14.6. The van der Waals surface area contributed by atoms with Crippen LogP contribution in [0.25, 0.3) is 17.1 Å². The van der Waals surface area contributed by atoms with Crippen molar-refractivity contribution in [1.29, 1.82) is 0 Å². The number of methoxy groups -OCH3 is 1. The maximum absolute atomic E-state index is 14.6. The third kappa shape index (κ3) is 17.7. The zero-order valence-corrected chi connectivity index (χ0v) is 49.2. The number of ether oxygens (including phenoxy) is 6. The fraction of sp³-hybridized carbons (Fsp3) is 0.476. The van der Waals surface area contributed by atoms with E-state index < -0.39 is 41.4 Å². The second-order valence-electron chi connectivity index (χ2n) is 22.6. The average molecular weight is 1190 g/mol. The van der Waals surface area contributed by atoms with Crippen LogP contribution in [0.5, 0.6) is 5.75 Å². The molecule has 1 saturated carbocycles. The van der Waals surface area contributed by atoms with Gasteiger partial charge in [0.15, 0.2) is 11.4 Å². The van der Waals surface area contributed by atoms with Gasteiger partial charge in [-0.15, -0.1) is 0 Å². The number of hydrogen-bond donors (Lipinski definition) is 5. The monoisotopic (exact) mass is 1190 g/mol. The van der Waals surface area contributed by atoms with E-state index in [4.69, 9.17) is 32.8 Å². The third-order valence-electron chi connectivity index (χ3n) is 15.0. The molecule has 460 valence electrons. The number of nitrogens with one attached hydrogen (secondary N) is 5. The van der Waals surface area contributed by atoms with E-state index in [1.165, 1.54) is 42.7 Å². The van der Waals surface area contributed by atoms with Crippen molar-refractivity contribution >= 4 is 35.1 Å². The standard InChI is InChI=1S/C63H78F2N10O11/c1-63(2,3)57(72-55(76)40-80-4)62(79)74-37-46-32-48(19-16-44(46)33-53(74)60(78)69-50-11-7-9-43-8-5-6-10-49(43)50)85-31-30-84-29-28-83-27-26-82-25-24-81-23-22-66-35-41-14-17-47(18-15-41)75-38-51(56(73-75)58(64)65)70-59(77)52-39-86-61(71-52)45-20-21-67-54(34-45)68-36-42-12-13-42/h5-6,8,10,14-21,32,34,38-39,42,50,53,57-58,66H,7,9,11-13,22-31,33,35-37,40H2,1-4H3,(H,67,68)(H,69,78)(H,70,77)(H,72,76)/t50-,53?,57-/m1/s1. The van der Waals surface area contributed by atoms with Gasteiger partial charge < -0.3 is 64.3 Å². The highest BCUT2D eigenvalue weighted by molar-refractivity contribution is 6.03. The van der Waals surface area contributed by atoms with Gasteiger partial charge in [-0.2, -0.15) is 5.10 Å². The Balaban J connectivity index is 0.625. The Labute approximate surface area is 499 Å². The largest absolute Gasteiger partial charge is 0.491 e. The molecule has 0 saturated heterocycles. The number of fused-ring (bicyclic) bond motifs is 2. The average Bonchev–Trinajstić information content (AvgIpc) is 2.70. The molecule has 4 amide bonds. The number of aromatic nitrogens is 4. The highest BCUT2D eigenvalue weighted by Gasteiger charge is 2.43. The summed E-state index contributed by atoms with van der Waals surface area (Å²) in [4.78, 5) is 65.0. The van der Waals surface area contributed by atoms with Gasteiger partial charge in [0.1, 0.15) is 43.1 Å². The van der Waals surface area contributed by atoms with Crippen LogP contribution in [0.4, 0.5) is 20.3 Å². The molecule has 21 nitrogen and oxygen atoms in total. The second kappa shape index (κ2) is 30.6. The van der Waals surface area contributed by atoms with Gasteiger partial charge in [0.25, 0.3) is 12.3 Å². The SMILES string of the molecule is COCC(=O)N[C@H](C(=O)N1Cc2cc(OCCOCCOCCOCCOCCNCc3ccc(-n4cc(NC(=O)c5coc(-c6ccnc(NCC7CC7)c6)n5)c(C(F)F)n4)cc3)ccc2CC1C(=O)N[C@@H]1CCCc2ccccc21)C(C)(C)C. The fourth-order valence-electron chi connectivity index (χ4n) is 10.3. The first-order chi connectivity index (χ1) is 41.7. The Hall–Kier alpha value is -7.67. The van der Waals surface area contributed by atoms with Gasteiger partial charge in [0, 0.05) is 51.5 Å². The first-order valence-electron chi connectivity index (χ1n) is 29.4. The van der Waals surface area contributed by atoms with Crippen molar-refractivity contribution < 1.29 is 60.8 Å². The summed E-state index contributed by atoms with van der Waals surface area (Å²) in [6, 6.07) is 22.7. The number of amides is 4. The van der Waals surface area contributed by atoms with Gasteiger partial charge in [0.2, 0.25) is 23.6 Å². The Bertz CT molecular complexity index is 3200. The number of halogens is 2. The van der Waals surface area contributed by atoms with Crippen LogP contribution in [0.15, 0.2) is 102 Å². The number of hydrogen-bond acceptors (Lipinski definition) is 16. The summed E-state index contributed by atoms with van der Waals surface area (Å²) in [6.07, 6.45) is 6.61. The predicted octanol–water partition coefficient (Wildman–Crippen LogP) is 7.79. The lowest BCUT2D eigenvalue weighted by Crippen LogP contribution is -2.61. The van der Waals surface area contributed by atoms with Crippen molar-refractivity contribution in [3.63, 3.8) is 0 Å². The number of oxazole rings is 1. The summed E-state index contributed by atoms with van der Waals surface area (Å²) >= 11 is 0. The summed E-state index contributed by atoms with van der Waals surface area (Å²) in [5.74, 6) is 0.414. The van der Waals surface area contributed by atoms with Gasteiger partial charge in [-0.3, -0.25) is 19.2 Å². The number of alkyl halides is 2. The summed E-state index contributed by atoms with van der Waals surface area (Å²) in [7, 11) is 1.42. The van der Waals surface area contributed by atoms with Crippen molar-refractivity contribution in [2.75, 3.05) is 96.9 Å². The predicted molar refractivity (Wildman–Crippen MR) is 316 cm³/mol. The normalized spacial score (nSPS) is 16.1. The number of rotatable bonds is 32. The van der Waals surface area contributed by atoms with Crippen molar-refractivity contribution in [2.45, 2.75) is 96.9 Å². The van der Waals surface area contributed by atoms with E-state index in [1.807, 2.05) is 63.2 Å². The van der Waals surface area contributed by atoms with Crippen LogP contribution in [0.2, 0.25) is 0 Å². The topological polar surface area (TPSA) is 244 Å². The van der Waals surface area contributed by atoms with E-state index in [9.17, 15) is 28.0 Å². The van der Waals surface area contributed by atoms with Crippen LogP contribution >= 0.6 is 0 Å². The first-order valence-corrected chi connectivity index (χ1v) is 29.4. The van der Waals surface area contributed by atoms with Crippen LogP contribution in [0.3, 0.4) is 0 Å². The van der Waals surface area contributed by atoms with Crippen molar-refractivity contribution in [3.05, 3.63) is 137 Å². The van der Waals surface area contributed by atoms with Crippen LogP contribution in [-0.4, -0.2) is 147 Å². The van der Waals surface area contributed by atoms with E-state index in [0.717, 1.165) is 48.1 Å². The van der Waals surface area contributed by atoms with E-state index >= 15 is 0 Å². The van der Waals surface area contributed by atoms with E-state index in [2.05, 4.69) is 53.8 Å². The number of benzene rings is 3. The zero-order valence-electron chi connectivity index (χ0n) is 49.2. The van der Waals surface area contributed by atoms with E-state index in [1.54, 1.807) is 35.4 Å². The van der Waals surface area contributed by atoms with Gasteiger partial charge in [-0.05, 0) is 108 Å². The molecule has 6 aromatic rings. The fourth-order valence-corrected chi connectivity index (χ4v) is 10.3. The number of nitrogens with zero attached hydrogens (tertiary/aromatic N) is 5. The van der Waals surface area contributed by atoms with Crippen LogP contribution in [0.1, 0.15) is 103 Å². The Morgan fingerprint density at radius 1 is 0.826 bits per heavy atom. The molecule has 1 fully saturated rings. The Morgan fingerprint density at radius 3 is 2.28 bits per heavy atom. The Kier molecular flexibility index (Phi) is 22.4. The summed E-state index contributed by atoms with van der Waals surface area (Å²) < 4.78 is 68.9. The maximum Gasteiger partial charge on any atom is 0.284 e. The molecule has 5 N–H and O–H groups in total. The zero-order chi connectivity index (χ0) is 60.4. The molecule has 0 radical (unpaired) electrons. The molecule has 1 unspecified atom stereocenters. The quantitative estimate of drug-likeness (QED) is 0.0253. The molecule has 4 heterocycles. The minimum Gasteiger partial charge on any atom is -0.491 e. The van der Waals surface area contributed by atoms with E-state index in [-0.39, 0.29) is 54.9 Å². The van der Waals surface area contributed by atoms with Crippen LogP contribution in [0, 0.1) is 11.3 Å². The molecule has 3 aliphatic rings. The van der Waals surface area contributed by atoms with E-state index in [0.29, 0.717) is 101 Å². The molecule has 3 aromatic heterocycles. The second-order valence-corrected chi connectivity index (χ2v) is 22.6. The minimum atomic E-state index is -2.95. The van der Waals surface area contributed by atoms with Crippen molar-refractivity contribution in [3.8, 4) is 22.9 Å². The highest BCUT2D eigenvalue weighted by Crippen LogP contribution is 2.35. The lowest BCUT2D eigenvalue weighted by atomic mass is 9.84. The van der Waals surface area contributed by atoms with Crippen LogP contribution in [-0.2, 0) is 64.0 Å². The molecular weight excluding hydrogens is 1110 g/mol. The minimum absolute atomic E-state index is 0.0763. The van der Waals surface area contributed by atoms with Crippen molar-refractivity contribution in [2.24, 2.45) is 11.3 Å². The number of aryl methyl sites for hydroxylation is 1.